The molecule has 29 heavy (non-hydrogen) atoms. The van der Waals surface area contributed by atoms with Gasteiger partial charge in [-0.3, -0.25) is 9.48 Å². The molecule has 1 heterocycles. The van der Waals surface area contributed by atoms with Crippen molar-refractivity contribution < 1.29 is 28.9 Å². The summed E-state index contributed by atoms with van der Waals surface area (Å²) < 4.78 is 19.8. The molecule has 0 radical (unpaired) electrons. The number of nitrogens with two attached hydrogens (primary N) is 1. The van der Waals surface area contributed by atoms with E-state index in [1.807, 2.05) is 0 Å². The number of nitrogens with zero attached hydrogens (tertiary/aromatic N) is 2. The Balaban J connectivity index is 2.17. The second-order valence-corrected chi connectivity index (χ2v) is 6.22. The molecular weight excluding hydrogens is 381 g/mol. The first-order chi connectivity index (χ1) is 13.8. The second kappa shape index (κ2) is 8.11. The topological polar surface area (TPSA) is 128 Å². The quantitative estimate of drug-likeness (QED) is 0.557. The average Bonchev–Trinajstić information content (AvgIpc) is 3.04. The van der Waals surface area contributed by atoms with Crippen LogP contribution in [0.15, 0.2) is 36.4 Å². The number of carboxylic acid groups (broad SMARTS) is 1. The van der Waals surface area contributed by atoms with Crippen molar-refractivity contribution in [2.75, 3.05) is 7.11 Å². The number of methoxy groups -OCH3 is 1. The van der Waals surface area contributed by atoms with Gasteiger partial charge in [-0.05, 0) is 35.9 Å². The van der Waals surface area contributed by atoms with Gasteiger partial charge in [-0.2, -0.15) is 5.10 Å². The third-order valence-corrected chi connectivity index (χ3v) is 4.31. The average molecular weight is 399 g/mol. The molecule has 0 spiro atoms. The minimum atomic E-state index is -1.47. The van der Waals surface area contributed by atoms with Crippen LogP contribution in [0.3, 0.4) is 0 Å². The molecule has 0 saturated carbocycles. The summed E-state index contributed by atoms with van der Waals surface area (Å²) in [6.07, 6.45) is 1.80. The molecule has 3 aromatic rings. The molecule has 8 nitrogen and oxygen atoms in total. The number of rotatable bonds is 7. The zero-order valence-electron chi connectivity index (χ0n) is 15.4. The molecule has 0 aliphatic rings. The standard InChI is InChI=1S/C20H18FN3O5/c1-29-18-13(20(27)28)7-9-15-17(18)14(23-24(15)10-16(25)19(22)26)8-4-11-2-5-12(21)6-3-11/h2-9,16,25H,10H2,1H3,(H2,22,26)(H,27,28)/t16-/m0/s1. The van der Waals surface area contributed by atoms with E-state index in [9.17, 15) is 24.2 Å². The van der Waals surface area contributed by atoms with E-state index < -0.39 is 18.0 Å². The van der Waals surface area contributed by atoms with Crippen LogP contribution in [0.4, 0.5) is 4.39 Å². The van der Waals surface area contributed by atoms with Gasteiger partial charge in [0.1, 0.15) is 17.1 Å². The van der Waals surface area contributed by atoms with Crippen molar-refractivity contribution in [3.63, 3.8) is 0 Å². The summed E-state index contributed by atoms with van der Waals surface area (Å²) in [5.74, 6) is -2.37. The monoisotopic (exact) mass is 399 g/mol. The molecule has 2 aromatic carbocycles. The van der Waals surface area contributed by atoms with Crippen molar-refractivity contribution in [2.45, 2.75) is 12.6 Å². The minimum Gasteiger partial charge on any atom is -0.495 e. The Kier molecular flexibility index (Phi) is 5.60. The van der Waals surface area contributed by atoms with Gasteiger partial charge >= 0.3 is 5.97 Å². The third-order valence-electron chi connectivity index (χ3n) is 4.31. The number of ether oxygens (including phenoxy) is 1. The first kappa shape index (κ1) is 20.0. The van der Waals surface area contributed by atoms with Gasteiger partial charge in [-0.15, -0.1) is 0 Å². The molecule has 150 valence electrons. The SMILES string of the molecule is COc1c(C(=O)O)ccc2c1c(C=Cc1ccc(F)cc1)nn2C[C@H](O)C(N)=O. The molecular formula is C20H18FN3O5. The maximum Gasteiger partial charge on any atom is 0.339 e. The Morgan fingerprint density at radius 1 is 1.24 bits per heavy atom. The van der Waals surface area contributed by atoms with Gasteiger partial charge in [-0.25, -0.2) is 9.18 Å². The first-order valence-electron chi connectivity index (χ1n) is 8.53. The summed E-state index contributed by atoms with van der Waals surface area (Å²) in [7, 11) is 1.34. The molecule has 1 aromatic heterocycles. The molecule has 3 rings (SSSR count). The lowest BCUT2D eigenvalue weighted by molar-refractivity contribution is -0.126. The summed E-state index contributed by atoms with van der Waals surface area (Å²) in [6, 6.07) is 8.62. The van der Waals surface area contributed by atoms with Crippen LogP contribution in [0.2, 0.25) is 0 Å². The van der Waals surface area contributed by atoms with E-state index in [2.05, 4.69) is 5.10 Å². The Morgan fingerprint density at radius 3 is 2.52 bits per heavy atom. The number of aromatic carboxylic acids is 1. The number of carboxylic acids is 1. The fraction of sp³-hybridized carbons (Fsp3) is 0.150. The van der Waals surface area contributed by atoms with E-state index in [-0.39, 0.29) is 23.7 Å². The number of aliphatic hydroxyl groups excluding tert-OH is 1. The molecule has 0 bridgehead atoms. The van der Waals surface area contributed by atoms with Crippen molar-refractivity contribution in [1.82, 2.24) is 9.78 Å². The number of benzene rings is 2. The lowest BCUT2D eigenvalue weighted by Gasteiger charge is -2.09. The highest BCUT2D eigenvalue weighted by Gasteiger charge is 2.22. The lowest BCUT2D eigenvalue weighted by atomic mass is 10.1. The molecule has 0 aliphatic heterocycles. The van der Waals surface area contributed by atoms with Crippen LogP contribution >= 0.6 is 0 Å². The lowest BCUT2D eigenvalue weighted by Crippen LogP contribution is -2.32. The first-order valence-corrected chi connectivity index (χ1v) is 8.53. The van der Waals surface area contributed by atoms with Gasteiger partial charge in [-0.1, -0.05) is 18.2 Å². The number of aliphatic hydroxyl groups is 1. The summed E-state index contributed by atoms with van der Waals surface area (Å²) >= 11 is 0. The van der Waals surface area contributed by atoms with Crippen LogP contribution in [0.25, 0.3) is 23.1 Å². The van der Waals surface area contributed by atoms with E-state index in [1.165, 1.54) is 36.1 Å². The number of carbonyl (C=O) groups excluding carboxylic acids is 1. The van der Waals surface area contributed by atoms with Gasteiger partial charge in [0.15, 0.2) is 6.10 Å². The fourth-order valence-corrected chi connectivity index (χ4v) is 2.91. The summed E-state index contributed by atoms with van der Waals surface area (Å²) in [4.78, 5) is 22.8. The van der Waals surface area contributed by atoms with E-state index in [0.29, 0.717) is 22.2 Å². The van der Waals surface area contributed by atoms with Gasteiger partial charge < -0.3 is 20.7 Å². The van der Waals surface area contributed by atoms with Crippen LogP contribution in [0.5, 0.6) is 5.75 Å². The van der Waals surface area contributed by atoms with E-state index >= 15 is 0 Å². The number of carbonyl (C=O) groups is 2. The molecule has 1 atom stereocenters. The Hall–Kier alpha value is -3.72. The highest BCUT2D eigenvalue weighted by atomic mass is 19.1. The Labute approximate surface area is 164 Å². The van der Waals surface area contributed by atoms with E-state index in [1.54, 1.807) is 24.3 Å². The summed E-state index contributed by atoms with van der Waals surface area (Å²) in [5.41, 5.74) is 6.55. The number of aromatic nitrogens is 2. The van der Waals surface area contributed by atoms with Crippen LogP contribution in [0.1, 0.15) is 21.6 Å². The normalized spacial score (nSPS) is 12.4. The zero-order chi connectivity index (χ0) is 21.1. The van der Waals surface area contributed by atoms with Gasteiger partial charge in [0, 0.05) is 0 Å². The van der Waals surface area contributed by atoms with Crippen molar-refractivity contribution in [1.29, 1.82) is 0 Å². The molecule has 1 amide bonds. The maximum absolute atomic E-state index is 13.1. The van der Waals surface area contributed by atoms with E-state index in [0.717, 1.165) is 0 Å². The second-order valence-electron chi connectivity index (χ2n) is 6.22. The van der Waals surface area contributed by atoms with Crippen LogP contribution in [-0.4, -0.2) is 45.1 Å². The molecule has 0 aliphatic carbocycles. The van der Waals surface area contributed by atoms with Crippen molar-refractivity contribution in [3.05, 3.63) is 59.0 Å². The van der Waals surface area contributed by atoms with E-state index in [4.69, 9.17) is 10.5 Å². The molecule has 9 heteroatoms. The number of amides is 1. The largest absolute Gasteiger partial charge is 0.495 e. The van der Waals surface area contributed by atoms with Gasteiger partial charge in [0.05, 0.1) is 30.3 Å². The maximum atomic E-state index is 13.1. The molecule has 4 N–H and O–H groups in total. The number of primary amides is 1. The number of hydrogen-bond donors (Lipinski definition) is 3. The highest BCUT2D eigenvalue weighted by Crippen LogP contribution is 2.33. The molecule has 0 unspecified atom stereocenters. The molecule has 0 fully saturated rings. The minimum absolute atomic E-state index is 0.0635. The predicted molar refractivity (Wildman–Crippen MR) is 104 cm³/mol. The van der Waals surface area contributed by atoms with Gasteiger partial charge in [0.25, 0.3) is 0 Å². The van der Waals surface area contributed by atoms with Crippen molar-refractivity contribution in [2.24, 2.45) is 5.73 Å². The number of fused-ring (bicyclic) bond motifs is 1. The smallest absolute Gasteiger partial charge is 0.339 e. The fourth-order valence-electron chi connectivity index (χ4n) is 2.91. The van der Waals surface area contributed by atoms with Crippen LogP contribution < -0.4 is 10.5 Å². The Morgan fingerprint density at radius 2 is 1.93 bits per heavy atom. The summed E-state index contributed by atoms with van der Waals surface area (Å²) in [6.45, 7) is -0.216. The number of hydrogen-bond acceptors (Lipinski definition) is 5. The van der Waals surface area contributed by atoms with Crippen LogP contribution in [0, 0.1) is 5.82 Å². The third kappa shape index (κ3) is 4.09. The highest BCUT2D eigenvalue weighted by molar-refractivity contribution is 6.03. The number of halogens is 1. The van der Waals surface area contributed by atoms with Crippen LogP contribution in [-0.2, 0) is 11.3 Å². The predicted octanol–water partition coefficient (Wildman–Crippen LogP) is 1.90. The van der Waals surface area contributed by atoms with Crippen molar-refractivity contribution in [3.8, 4) is 5.75 Å². The molecule has 0 saturated heterocycles. The Bertz CT molecular complexity index is 1110. The zero-order valence-corrected chi connectivity index (χ0v) is 15.4. The van der Waals surface area contributed by atoms with Crippen molar-refractivity contribution >= 4 is 34.9 Å². The summed E-state index contributed by atoms with van der Waals surface area (Å²) in [5, 5.41) is 24.0. The van der Waals surface area contributed by atoms with Gasteiger partial charge in [0.2, 0.25) is 5.91 Å².